The third-order valence-corrected chi connectivity index (χ3v) is 5.68. The van der Waals surface area contributed by atoms with Gasteiger partial charge in [0, 0.05) is 69.8 Å². The molecular formula is C21H26N6O3. The van der Waals surface area contributed by atoms with Gasteiger partial charge in [0.05, 0.1) is 4.92 Å². The Hall–Kier alpha value is -3.36. The van der Waals surface area contributed by atoms with Crippen molar-refractivity contribution in [2.24, 2.45) is 0 Å². The number of amides is 2. The van der Waals surface area contributed by atoms with Crippen LogP contribution in [0, 0.1) is 10.1 Å². The number of urea groups is 1. The molecule has 1 aromatic carbocycles. The Bertz CT molecular complexity index is 890. The maximum atomic E-state index is 12.6. The Balaban J connectivity index is 1.26. The largest absolute Gasteiger partial charge is 0.368 e. The lowest BCUT2D eigenvalue weighted by atomic mass is 10.2. The molecule has 2 saturated heterocycles. The standard InChI is InChI=1S/C21H26N6O3/c28-21(23-16-17-7-8-22-20(15-17)25-9-1-2-10-25)26-13-11-24(12-14-26)18-3-5-19(6-4-18)27(29)30/h3-8,15H,1-2,9-14,16H2,(H,23,28). The number of piperazine rings is 1. The summed E-state index contributed by atoms with van der Waals surface area (Å²) >= 11 is 0. The molecule has 30 heavy (non-hydrogen) atoms. The van der Waals surface area contributed by atoms with E-state index in [2.05, 4.69) is 26.2 Å². The van der Waals surface area contributed by atoms with Crippen LogP contribution < -0.4 is 15.1 Å². The molecule has 0 bridgehead atoms. The molecule has 2 aliphatic rings. The third kappa shape index (κ3) is 4.61. The summed E-state index contributed by atoms with van der Waals surface area (Å²) in [6, 6.07) is 10.5. The van der Waals surface area contributed by atoms with E-state index in [0.29, 0.717) is 32.7 Å². The van der Waals surface area contributed by atoms with E-state index >= 15 is 0 Å². The van der Waals surface area contributed by atoms with Gasteiger partial charge in [-0.3, -0.25) is 10.1 Å². The Labute approximate surface area is 175 Å². The number of aromatic nitrogens is 1. The van der Waals surface area contributed by atoms with Crippen molar-refractivity contribution < 1.29 is 9.72 Å². The van der Waals surface area contributed by atoms with Crippen LogP contribution in [0.4, 0.5) is 22.0 Å². The van der Waals surface area contributed by atoms with Crippen LogP contribution in [-0.4, -0.2) is 60.1 Å². The first-order valence-corrected chi connectivity index (χ1v) is 10.3. The minimum Gasteiger partial charge on any atom is -0.368 e. The zero-order chi connectivity index (χ0) is 20.9. The van der Waals surface area contributed by atoms with Crippen LogP contribution in [0.5, 0.6) is 0 Å². The summed E-state index contributed by atoms with van der Waals surface area (Å²) in [6.07, 6.45) is 4.21. The van der Waals surface area contributed by atoms with E-state index in [4.69, 9.17) is 0 Å². The summed E-state index contributed by atoms with van der Waals surface area (Å²) in [4.78, 5) is 33.6. The molecule has 158 valence electrons. The molecule has 0 radical (unpaired) electrons. The normalized spacial score (nSPS) is 16.6. The minimum atomic E-state index is -0.400. The fourth-order valence-corrected chi connectivity index (χ4v) is 3.93. The number of nitro benzene ring substituents is 1. The van der Waals surface area contributed by atoms with Crippen LogP contribution in [0.1, 0.15) is 18.4 Å². The molecule has 0 saturated carbocycles. The molecule has 0 atom stereocenters. The first-order chi connectivity index (χ1) is 14.6. The molecule has 2 aromatic rings. The molecule has 9 nitrogen and oxygen atoms in total. The van der Waals surface area contributed by atoms with Gasteiger partial charge in [-0.05, 0) is 42.7 Å². The first-order valence-electron chi connectivity index (χ1n) is 10.3. The van der Waals surface area contributed by atoms with Crippen molar-refractivity contribution in [1.82, 2.24) is 15.2 Å². The molecule has 2 amide bonds. The number of hydrogen-bond acceptors (Lipinski definition) is 6. The topological polar surface area (TPSA) is 94.9 Å². The second-order valence-electron chi connectivity index (χ2n) is 7.62. The summed E-state index contributed by atoms with van der Waals surface area (Å²) in [7, 11) is 0. The van der Waals surface area contributed by atoms with Gasteiger partial charge in [0.1, 0.15) is 5.82 Å². The lowest BCUT2D eigenvalue weighted by Gasteiger charge is -2.36. The van der Waals surface area contributed by atoms with Gasteiger partial charge in [0.15, 0.2) is 0 Å². The zero-order valence-corrected chi connectivity index (χ0v) is 16.9. The molecule has 4 rings (SSSR count). The van der Waals surface area contributed by atoms with Crippen molar-refractivity contribution in [3.8, 4) is 0 Å². The molecule has 2 fully saturated rings. The number of pyridine rings is 1. The van der Waals surface area contributed by atoms with E-state index < -0.39 is 4.92 Å². The molecule has 9 heteroatoms. The SMILES string of the molecule is O=C(NCc1ccnc(N2CCCC2)c1)N1CCN(c2ccc([N+](=O)[O-])cc2)CC1. The van der Waals surface area contributed by atoms with Crippen molar-refractivity contribution in [2.45, 2.75) is 19.4 Å². The van der Waals surface area contributed by atoms with Crippen LogP contribution in [0.3, 0.4) is 0 Å². The van der Waals surface area contributed by atoms with E-state index in [0.717, 1.165) is 30.2 Å². The van der Waals surface area contributed by atoms with E-state index in [9.17, 15) is 14.9 Å². The number of rotatable bonds is 5. The maximum Gasteiger partial charge on any atom is 0.317 e. The minimum absolute atomic E-state index is 0.0714. The van der Waals surface area contributed by atoms with Gasteiger partial charge in [-0.2, -0.15) is 0 Å². The van der Waals surface area contributed by atoms with Crippen molar-refractivity contribution in [1.29, 1.82) is 0 Å². The predicted molar refractivity (Wildman–Crippen MR) is 115 cm³/mol. The smallest absolute Gasteiger partial charge is 0.317 e. The summed E-state index contributed by atoms with van der Waals surface area (Å²) < 4.78 is 0. The Morgan fingerprint density at radius 3 is 2.37 bits per heavy atom. The molecular weight excluding hydrogens is 384 g/mol. The molecule has 1 N–H and O–H groups in total. The van der Waals surface area contributed by atoms with E-state index in [1.54, 1.807) is 18.3 Å². The lowest BCUT2D eigenvalue weighted by molar-refractivity contribution is -0.384. The number of nitro groups is 1. The predicted octanol–water partition coefficient (Wildman–Crippen LogP) is 2.62. The average molecular weight is 410 g/mol. The van der Waals surface area contributed by atoms with Crippen LogP contribution >= 0.6 is 0 Å². The molecule has 1 aromatic heterocycles. The van der Waals surface area contributed by atoms with Gasteiger partial charge in [0.2, 0.25) is 0 Å². The molecule has 3 heterocycles. The van der Waals surface area contributed by atoms with Gasteiger partial charge >= 0.3 is 6.03 Å². The van der Waals surface area contributed by atoms with Gasteiger partial charge in [-0.15, -0.1) is 0 Å². The Morgan fingerprint density at radius 1 is 1.00 bits per heavy atom. The molecule has 0 aliphatic carbocycles. The second kappa shape index (κ2) is 8.98. The summed E-state index contributed by atoms with van der Waals surface area (Å²) in [5, 5.41) is 13.8. The van der Waals surface area contributed by atoms with Crippen molar-refractivity contribution in [3.05, 3.63) is 58.3 Å². The Kier molecular flexibility index (Phi) is 5.97. The van der Waals surface area contributed by atoms with Crippen molar-refractivity contribution in [3.63, 3.8) is 0 Å². The zero-order valence-electron chi connectivity index (χ0n) is 16.9. The fourth-order valence-electron chi connectivity index (χ4n) is 3.93. The van der Waals surface area contributed by atoms with Crippen LogP contribution in [0.15, 0.2) is 42.6 Å². The quantitative estimate of drug-likeness (QED) is 0.601. The highest BCUT2D eigenvalue weighted by Crippen LogP contribution is 2.21. The Morgan fingerprint density at radius 2 is 1.70 bits per heavy atom. The van der Waals surface area contributed by atoms with Crippen molar-refractivity contribution in [2.75, 3.05) is 49.1 Å². The number of carbonyl (C=O) groups is 1. The maximum absolute atomic E-state index is 12.6. The van der Waals surface area contributed by atoms with Crippen molar-refractivity contribution >= 4 is 23.2 Å². The van der Waals surface area contributed by atoms with E-state index in [-0.39, 0.29) is 11.7 Å². The van der Waals surface area contributed by atoms with Crippen LogP contribution in [0.25, 0.3) is 0 Å². The highest BCUT2D eigenvalue weighted by Gasteiger charge is 2.22. The molecule has 2 aliphatic heterocycles. The summed E-state index contributed by atoms with van der Waals surface area (Å²) in [5.41, 5.74) is 2.07. The number of non-ortho nitro benzene ring substituents is 1. The van der Waals surface area contributed by atoms with Gasteiger partial charge in [0.25, 0.3) is 5.69 Å². The van der Waals surface area contributed by atoms with Gasteiger partial charge in [-0.25, -0.2) is 9.78 Å². The molecule has 0 unspecified atom stereocenters. The lowest BCUT2D eigenvalue weighted by Crippen LogP contribution is -2.51. The number of anilines is 2. The number of carbonyl (C=O) groups excluding carboxylic acids is 1. The van der Waals surface area contributed by atoms with Gasteiger partial charge in [-0.1, -0.05) is 0 Å². The molecule has 0 spiro atoms. The number of nitrogens with one attached hydrogen (secondary N) is 1. The first kappa shape index (κ1) is 19.9. The number of hydrogen-bond donors (Lipinski definition) is 1. The van der Waals surface area contributed by atoms with E-state index in [1.807, 2.05) is 11.0 Å². The highest BCUT2D eigenvalue weighted by molar-refractivity contribution is 5.74. The highest BCUT2D eigenvalue weighted by atomic mass is 16.6. The fraction of sp³-hybridized carbons (Fsp3) is 0.429. The van der Waals surface area contributed by atoms with E-state index in [1.165, 1.54) is 25.0 Å². The van der Waals surface area contributed by atoms with Crippen LogP contribution in [0.2, 0.25) is 0 Å². The van der Waals surface area contributed by atoms with Gasteiger partial charge < -0.3 is 20.0 Å². The summed E-state index contributed by atoms with van der Waals surface area (Å²) in [5.74, 6) is 0.982. The number of nitrogens with zero attached hydrogens (tertiary/aromatic N) is 5. The number of benzene rings is 1. The van der Waals surface area contributed by atoms with Crippen LogP contribution in [-0.2, 0) is 6.54 Å². The average Bonchev–Trinajstić information content (AvgIpc) is 3.33. The summed E-state index contributed by atoms with van der Waals surface area (Å²) in [6.45, 7) is 5.17. The third-order valence-electron chi connectivity index (χ3n) is 5.68. The second-order valence-corrected chi connectivity index (χ2v) is 7.62. The monoisotopic (exact) mass is 410 g/mol.